The molecule has 1 aromatic rings. The number of benzene rings is 1. The van der Waals surface area contributed by atoms with E-state index in [4.69, 9.17) is 15.2 Å². The third kappa shape index (κ3) is 4.37. The molecule has 4 nitrogen and oxygen atoms in total. The molecule has 1 aromatic carbocycles. The fourth-order valence-electron chi connectivity index (χ4n) is 1.56. The molecule has 0 unspecified atom stereocenters. The minimum atomic E-state index is -0.608. The van der Waals surface area contributed by atoms with Crippen LogP contribution in [-0.4, -0.2) is 24.2 Å². The van der Waals surface area contributed by atoms with Gasteiger partial charge in [0.05, 0.1) is 0 Å². The summed E-state index contributed by atoms with van der Waals surface area (Å²) in [6, 6.07) is 8.86. The van der Waals surface area contributed by atoms with E-state index in [0.29, 0.717) is 6.42 Å². The van der Waals surface area contributed by atoms with E-state index in [2.05, 4.69) is 0 Å². The predicted octanol–water partition coefficient (Wildman–Crippen LogP) is 2.12. The lowest BCUT2D eigenvalue weighted by Gasteiger charge is -2.24. The molecule has 4 heteroatoms. The molecule has 0 heterocycles. The first kappa shape index (κ1) is 14.5. The van der Waals surface area contributed by atoms with Crippen molar-refractivity contribution in [3.63, 3.8) is 0 Å². The van der Waals surface area contributed by atoms with E-state index in [-0.39, 0.29) is 12.2 Å². The quantitative estimate of drug-likeness (QED) is 0.787. The summed E-state index contributed by atoms with van der Waals surface area (Å²) in [6.45, 7) is 5.44. The number of nitrogens with two attached hydrogens (primary N) is 1. The first-order chi connectivity index (χ1) is 8.54. The van der Waals surface area contributed by atoms with Gasteiger partial charge in [-0.2, -0.15) is 0 Å². The van der Waals surface area contributed by atoms with Crippen molar-refractivity contribution in [1.29, 1.82) is 0 Å². The third-order valence-electron chi connectivity index (χ3n) is 2.63. The fraction of sp³-hybridized carbons (Fsp3) is 0.500. The number of esters is 1. The molecule has 0 saturated carbocycles. The molecule has 0 fully saturated rings. The minimum absolute atomic E-state index is 0.208. The van der Waals surface area contributed by atoms with Crippen molar-refractivity contribution >= 4 is 5.97 Å². The van der Waals surface area contributed by atoms with E-state index in [9.17, 15) is 4.79 Å². The maximum absolute atomic E-state index is 11.5. The molecule has 0 saturated heterocycles. The Kier molecular flexibility index (Phi) is 5.65. The molecular weight excluding hydrogens is 230 g/mol. The van der Waals surface area contributed by atoms with Gasteiger partial charge in [-0.1, -0.05) is 25.1 Å². The summed E-state index contributed by atoms with van der Waals surface area (Å²) < 4.78 is 11.0. The van der Waals surface area contributed by atoms with Crippen LogP contribution in [-0.2, 0) is 9.53 Å². The Morgan fingerprint density at radius 1 is 1.28 bits per heavy atom. The van der Waals surface area contributed by atoms with Crippen LogP contribution < -0.4 is 10.5 Å². The normalized spacial score (nSPS) is 15.6. The number of rotatable bonds is 6. The molecule has 1 rings (SSSR count). The van der Waals surface area contributed by atoms with Gasteiger partial charge in [-0.25, -0.2) is 0 Å². The molecule has 0 aliphatic carbocycles. The van der Waals surface area contributed by atoms with Crippen LogP contribution in [0.4, 0.5) is 0 Å². The van der Waals surface area contributed by atoms with Crippen LogP contribution in [0.25, 0.3) is 0 Å². The predicted molar refractivity (Wildman–Crippen MR) is 70.4 cm³/mol. The van der Waals surface area contributed by atoms with Crippen molar-refractivity contribution in [3.05, 3.63) is 30.3 Å². The van der Waals surface area contributed by atoms with Gasteiger partial charge in [-0.05, 0) is 32.4 Å². The topological polar surface area (TPSA) is 61.5 Å². The van der Waals surface area contributed by atoms with E-state index in [1.54, 1.807) is 6.92 Å². The maximum atomic E-state index is 11.5. The van der Waals surface area contributed by atoms with Gasteiger partial charge >= 0.3 is 5.97 Å². The zero-order valence-corrected chi connectivity index (χ0v) is 11.1. The molecular formula is C14H21NO3. The highest BCUT2D eigenvalue weighted by molar-refractivity contribution is 5.75. The summed E-state index contributed by atoms with van der Waals surface area (Å²) in [6.07, 6.45) is 0.190. The number of ether oxygens (including phenoxy) is 2. The van der Waals surface area contributed by atoms with Crippen LogP contribution in [0, 0.1) is 0 Å². The van der Waals surface area contributed by atoms with Crippen molar-refractivity contribution in [1.82, 2.24) is 0 Å². The highest BCUT2D eigenvalue weighted by Gasteiger charge is 2.22. The van der Waals surface area contributed by atoms with E-state index in [1.165, 1.54) is 0 Å². The van der Waals surface area contributed by atoms with Gasteiger partial charge in [0.25, 0.3) is 0 Å². The Morgan fingerprint density at radius 3 is 2.39 bits per heavy atom. The smallest absolute Gasteiger partial charge is 0.323 e. The molecule has 0 spiro atoms. The lowest BCUT2D eigenvalue weighted by atomic mass is 10.1. The Labute approximate surface area is 108 Å². The summed E-state index contributed by atoms with van der Waals surface area (Å²) in [5.41, 5.74) is 5.48. The minimum Gasteiger partial charge on any atom is -0.487 e. The Hall–Kier alpha value is -1.55. The van der Waals surface area contributed by atoms with Gasteiger partial charge in [0.15, 0.2) is 0 Å². The summed E-state index contributed by atoms with van der Waals surface area (Å²) >= 11 is 0. The second kappa shape index (κ2) is 7.01. The summed E-state index contributed by atoms with van der Waals surface area (Å²) in [7, 11) is 0. The second-order valence-corrected chi connectivity index (χ2v) is 4.31. The SMILES string of the molecule is CC[C@H](OC(=O)[C@H](C)N)[C@H](C)Oc1ccccc1. The Balaban J connectivity index is 2.57. The van der Waals surface area contributed by atoms with Gasteiger partial charge < -0.3 is 15.2 Å². The van der Waals surface area contributed by atoms with Crippen molar-refractivity contribution in [2.75, 3.05) is 0 Å². The standard InChI is InChI=1S/C14H21NO3/c1-4-13(18-14(16)10(2)15)11(3)17-12-8-6-5-7-9-12/h5-11,13H,4,15H2,1-3H3/t10-,11-,13-/m0/s1. The van der Waals surface area contributed by atoms with Gasteiger partial charge in [0.1, 0.15) is 24.0 Å². The maximum Gasteiger partial charge on any atom is 0.323 e. The Bertz CT molecular complexity index is 365. The highest BCUT2D eigenvalue weighted by Crippen LogP contribution is 2.15. The average molecular weight is 251 g/mol. The zero-order chi connectivity index (χ0) is 13.5. The largest absolute Gasteiger partial charge is 0.487 e. The van der Waals surface area contributed by atoms with Crippen molar-refractivity contribution in [3.8, 4) is 5.75 Å². The number of carbonyl (C=O) groups excluding carboxylic acids is 1. The number of hydrogen-bond donors (Lipinski definition) is 1. The summed E-state index contributed by atoms with van der Waals surface area (Å²) in [5.74, 6) is 0.366. The molecule has 0 aromatic heterocycles. The van der Waals surface area contributed by atoms with E-state index < -0.39 is 12.0 Å². The van der Waals surface area contributed by atoms with Crippen LogP contribution >= 0.6 is 0 Å². The second-order valence-electron chi connectivity index (χ2n) is 4.31. The van der Waals surface area contributed by atoms with Gasteiger partial charge in [-0.3, -0.25) is 4.79 Å². The third-order valence-corrected chi connectivity index (χ3v) is 2.63. The molecule has 2 N–H and O–H groups in total. The van der Waals surface area contributed by atoms with Crippen LogP contribution in [0.15, 0.2) is 30.3 Å². The van der Waals surface area contributed by atoms with E-state index >= 15 is 0 Å². The summed E-state index contributed by atoms with van der Waals surface area (Å²) in [4.78, 5) is 11.5. The van der Waals surface area contributed by atoms with Gasteiger partial charge in [0.2, 0.25) is 0 Å². The lowest BCUT2D eigenvalue weighted by Crippen LogP contribution is -2.38. The van der Waals surface area contributed by atoms with E-state index in [1.807, 2.05) is 44.2 Å². The molecule has 18 heavy (non-hydrogen) atoms. The highest BCUT2D eigenvalue weighted by atomic mass is 16.6. The lowest BCUT2D eigenvalue weighted by molar-refractivity contribution is -0.154. The van der Waals surface area contributed by atoms with Crippen molar-refractivity contribution < 1.29 is 14.3 Å². The van der Waals surface area contributed by atoms with Crippen LogP contribution in [0.5, 0.6) is 5.75 Å². The van der Waals surface area contributed by atoms with Crippen LogP contribution in [0.2, 0.25) is 0 Å². The first-order valence-electron chi connectivity index (χ1n) is 6.22. The molecule has 0 aliphatic rings. The monoisotopic (exact) mass is 251 g/mol. The molecule has 100 valence electrons. The van der Waals surface area contributed by atoms with Crippen LogP contribution in [0.1, 0.15) is 27.2 Å². The van der Waals surface area contributed by atoms with Gasteiger partial charge in [-0.15, -0.1) is 0 Å². The van der Waals surface area contributed by atoms with E-state index in [0.717, 1.165) is 5.75 Å². The molecule has 0 aliphatic heterocycles. The Morgan fingerprint density at radius 2 is 1.89 bits per heavy atom. The van der Waals surface area contributed by atoms with Gasteiger partial charge in [0, 0.05) is 0 Å². The number of hydrogen-bond acceptors (Lipinski definition) is 4. The number of carbonyl (C=O) groups is 1. The zero-order valence-electron chi connectivity index (χ0n) is 11.1. The van der Waals surface area contributed by atoms with Crippen molar-refractivity contribution in [2.45, 2.75) is 45.4 Å². The van der Waals surface area contributed by atoms with Crippen LogP contribution in [0.3, 0.4) is 0 Å². The molecule has 3 atom stereocenters. The number of para-hydroxylation sites is 1. The average Bonchev–Trinajstić information content (AvgIpc) is 2.36. The van der Waals surface area contributed by atoms with Crippen molar-refractivity contribution in [2.24, 2.45) is 5.73 Å². The summed E-state index contributed by atoms with van der Waals surface area (Å²) in [5, 5.41) is 0. The molecule has 0 amide bonds. The molecule has 0 radical (unpaired) electrons. The fourth-order valence-corrected chi connectivity index (χ4v) is 1.56. The molecule has 0 bridgehead atoms. The first-order valence-corrected chi connectivity index (χ1v) is 6.22.